The quantitative estimate of drug-likeness (QED) is 0.512. The molecule has 0 unspecified atom stereocenters. The summed E-state index contributed by atoms with van der Waals surface area (Å²) in [6, 6.07) is 6.50. The molecule has 2 aromatic rings. The van der Waals surface area contributed by atoms with Crippen molar-refractivity contribution < 1.29 is 31.7 Å². The number of rotatable bonds is 10. The molecule has 2 rings (SSSR count). The zero-order valence-corrected chi connectivity index (χ0v) is 18.6. The first-order chi connectivity index (χ1) is 14.3. The molecule has 0 fully saturated rings. The van der Waals surface area contributed by atoms with Crippen molar-refractivity contribution in [2.45, 2.75) is 18.7 Å². The third kappa shape index (κ3) is 6.23. The number of carbonyl (C=O) groups excluding carboxylic acids is 1. The molecule has 13 heteroatoms. The molecule has 0 aliphatic rings. The van der Waals surface area contributed by atoms with Crippen LogP contribution in [-0.2, 0) is 19.1 Å². The Bertz CT molecular complexity index is 946. The summed E-state index contributed by atoms with van der Waals surface area (Å²) in [6.45, 7) is 4.23. The molecular weight excluding hydrogens is 435 g/mol. The Hall–Kier alpha value is -2.53. The maximum Gasteiger partial charge on any atom is 0.335 e. The minimum absolute atomic E-state index is 0.127. The van der Waals surface area contributed by atoms with Crippen LogP contribution in [0.2, 0.25) is 0 Å². The maximum atomic E-state index is 12.8. The fraction of sp³-hybridized carbons (Fsp3) is 0.353. The molecular formula is C17H23N4O7PS. The molecule has 0 saturated carbocycles. The van der Waals surface area contributed by atoms with E-state index in [2.05, 4.69) is 15.3 Å². The third-order valence-electron chi connectivity index (χ3n) is 3.39. The Morgan fingerprint density at radius 1 is 1.03 bits per heavy atom. The van der Waals surface area contributed by atoms with Gasteiger partial charge in [-0.3, -0.25) is 5.32 Å². The average molecular weight is 458 g/mol. The minimum Gasteiger partial charge on any atom is -0.481 e. The van der Waals surface area contributed by atoms with Crippen molar-refractivity contribution in [2.24, 2.45) is 0 Å². The van der Waals surface area contributed by atoms with Crippen LogP contribution < -0.4 is 24.8 Å². The lowest BCUT2D eigenvalue weighted by Gasteiger charge is -2.19. The smallest absolute Gasteiger partial charge is 0.335 e. The van der Waals surface area contributed by atoms with Gasteiger partial charge in [0.15, 0.2) is 0 Å². The molecule has 0 aliphatic carbocycles. The van der Waals surface area contributed by atoms with Crippen LogP contribution in [0.1, 0.15) is 13.8 Å². The van der Waals surface area contributed by atoms with Crippen molar-refractivity contribution in [3.63, 3.8) is 0 Å². The number of urea groups is 1. The van der Waals surface area contributed by atoms with Crippen LogP contribution in [0.5, 0.6) is 11.8 Å². The predicted molar refractivity (Wildman–Crippen MR) is 111 cm³/mol. The Balaban J connectivity index is 2.26. The van der Waals surface area contributed by atoms with Gasteiger partial charge in [0.25, 0.3) is 10.0 Å². The van der Waals surface area contributed by atoms with Crippen molar-refractivity contribution in [3.05, 3.63) is 30.3 Å². The number of aromatic nitrogens is 2. The zero-order valence-electron chi connectivity index (χ0n) is 16.9. The summed E-state index contributed by atoms with van der Waals surface area (Å²) in [6.07, 6.45) is 0. The highest BCUT2D eigenvalue weighted by atomic mass is 32.2. The standard InChI is InChI=1S/C17H23N4O7PS/c1-5-27-29(28-6-2)12-9-7-8-10-13(12)30(23,24)21-17(22)20-16-18-14(25-3)11-15(19-16)26-4/h7-11H,5-6H2,1-4H3,(H2,18,19,20,21,22). The average Bonchev–Trinajstić information content (AvgIpc) is 2.72. The highest BCUT2D eigenvalue weighted by Gasteiger charge is 2.27. The molecule has 0 bridgehead atoms. The van der Waals surface area contributed by atoms with Crippen LogP contribution in [0, 0.1) is 0 Å². The highest BCUT2D eigenvalue weighted by molar-refractivity contribution is 7.90. The largest absolute Gasteiger partial charge is 0.481 e. The van der Waals surface area contributed by atoms with Crippen molar-refractivity contribution in [1.82, 2.24) is 14.7 Å². The van der Waals surface area contributed by atoms with E-state index in [0.29, 0.717) is 18.5 Å². The van der Waals surface area contributed by atoms with E-state index in [1.54, 1.807) is 26.0 Å². The molecule has 30 heavy (non-hydrogen) atoms. The second-order valence-corrected chi connectivity index (χ2v) is 8.56. The number of sulfonamides is 1. The summed E-state index contributed by atoms with van der Waals surface area (Å²) in [7, 11) is -3.13. The summed E-state index contributed by atoms with van der Waals surface area (Å²) in [5.41, 5.74) is 0. The Labute approximate surface area is 176 Å². The van der Waals surface area contributed by atoms with Crippen LogP contribution in [0.4, 0.5) is 10.7 Å². The van der Waals surface area contributed by atoms with Crippen molar-refractivity contribution in [2.75, 3.05) is 32.8 Å². The van der Waals surface area contributed by atoms with Crippen LogP contribution >= 0.6 is 8.38 Å². The first kappa shape index (κ1) is 23.7. The summed E-state index contributed by atoms with van der Waals surface area (Å²) < 4.78 is 48.7. The number of nitrogens with one attached hydrogen (secondary N) is 2. The fourth-order valence-electron chi connectivity index (χ4n) is 2.22. The molecule has 0 radical (unpaired) electrons. The molecule has 1 aromatic carbocycles. The van der Waals surface area contributed by atoms with Gasteiger partial charge in [0.05, 0.1) is 43.7 Å². The summed E-state index contributed by atoms with van der Waals surface area (Å²) >= 11 is 0. The van der Waals surface area contributed by atoms with Crippen molar-refractivity contribution in [3.8, 4) is 11.8 Å². The van der Waals surface area contributed by atoms with Gasteiger partial charge in [-0.15, -0.1) is 0 Å². The van der Waals surface area contributed by atoms with Gasteiger partial charge in [-0.2, -0.15) is 9.97 Å². The molecule has 0 spiro atoms. The van der Waals surface area contributed by atoms with Gasteiger partial charge in [0.1, 0.15) is 0 Å². The number of amides is 2. The van der Waals surface area contributed by atoms with Crippen LogP contribution in [0.3, 0.4) is 0 Å². The molecule has 2 N–H and O–H groups in total. The number of anilines is 1. The lowest BCUT2D eigenvalue weighted by Crippen LogP contribution is -2.36. The van der Waals surface area contributed by atoms with E-state index in [-0.39, 0.29) is 22.6 Å². The first-order valence-corrected chi connectivity index (χ1v) is 11.5. The van der Waals surface area contributed by atoms with Gasteiger partial charge in [0.2, 0.25) is 26.1 Å². The second-order valence-electron chi connectivity index (χ2n) is 5.40. The molecule has 0 aliphatic heterocycles. The summed E-state index contributed by atoms with van der Waals surface area (Å²) in [4.78, 5) is 20.0. The van der Waals surface area contributed by atoms with E-state index in [1.807, 2.05) is 4.72 Å². The van der Waals surface area contributed by atoms with Gasteiger partial charge >= 0.3 is 6.03 Å². The number of ether oxygens (including phenoxy) is 2. The molecule has 0 atom stereocenters. The fourth-order valence-corrected chi connectivity index (χ4v) is 5.09. The predicted octanol–water partition coefficient (Wildman–Crippen LogP) is 2.01. The Kier molecular flexibility index (Phi) is 8.72. The summed E-state index contributed by atoms with van der Waals surface area (Å²) in [5.74, 6) is 0.0620. The van der Waals surface area contributed by atoms with Crippen LogP contribution in [0.15, 0.2) is 35.2 Å². The number of nitrogens with zero attached hydrogens (tertiary/aromatic N) is 2. The number of hydrogen-bond acceptors (Lipinski definition) is 9. The summed E-state index contributed by atoms with van der Waals surface area (Å²) in [5, 5.41) is 2.58. The monoisotopic (exact) mass is 458 g/mol. The maximum absolute atomic E-state index is 12.8. The number of hydrogen-bond donors (Lipinski definition) is 2. The Morgan fingerprint density at radius 3 is 2.13 bits per heavy atom. The van der Waals surface area contributed by atoms with Crippen molar-refractivity contribution in [1.29, 1.82) is 0 Å². The number of methoxy groups -OCH3 is 2. The molecule has 2 amide bonds. The normalized spacial score (nSPS) is 11.2. The number of carbonyl (C=O) groups is 1. The second kappa shape index (κ2) is 11.0. The van der Waals surface area contributed by atoms with E-state index in [0.717, 1.165) is 0 Å². The first-order valence-electron chi connectivity index (χ1n) is 8.80. The lowest BCUT2D eigenvalue weighted by atomic mass is 10.4. The minimum atomic E-state index is -4.25. The van der Waals surface area contributed by atoms with E-state index < -0.39 is 24.4 Å². The van der Waals surface area contributed by atoms with Gasteiger partial charge in [0, 0.05) is 0 Å². The van der Waals surface area contributed by atoms with E-state index in [1.165, 1.54) is 32.4 Å². The van der Waals surface area contributed by atoms with Crippen LogP contribution in [0.25, 0.3) is 0 Å². The topological polar surface area (TPSA) is 138 Å². The molecule has 0 saturated heterocycles. The molecule has 11 nitrogen and oxygen atoms in total. The van der Waals surface area contributed by atoms with Gasteiger partial charge < -0.3 is 18.5 Å². The van der Waals surface area contributed by atoms with E-state index >= 15 is 0 Å². The third-order valence-corrected chi connectivity index (χ3v) is 6.70. The number of benzene rings is 1. The lowest BCUT2D eigenvalue weighted by molar-refractivity contribution is 0.256. The molecule has 1 aromatic heterocycles. The van der Waals surface area contributed by atoms with E-state index in [9.17, 15) is 13.2 Å². The zero-order chi connectivity index (χ0) is 22.1. The van der Waals surface area contributed by atoms with Gasteiger partial charge in [-0.05, 0) is 26.0 Å². The van der Waals surface area contributed by atoms with Crippen LogP contribution in [-0.4, -0.2) is 51.9 Å². The molecule has 164 valence electrons. The van der Waals surface area contributed by atoms with Crippen molar-refractivity contribution >= 4 is 35.7 Å². The van der Waals surface area contributed by atoms with Gasteiger partial charge in [-0.1, -0.05) is 12.1 Å². The molecule has 1 heterocycles. The highest BCUT2D eigenvalue weighted by Crippen LogP contribution is 2.39. The van der Waals surface area contributed by atoms with E-state index in [4.69, 9.17) is 18.5 Å². The Morgan fingerprint density at radius 2 is 1.60 bits per heavy atom. The SMILES string of the molecule is CCOP(OCC)c1ccccc1S(=O)(=O)NC(=O)Nc1nc(OC)cc(OC)n1. The van der Waals surface area contributed by atoms with Gasteiger partial charge in [-0.25, -0.2) is 17.9 Å².